The molecular weight excluding hydrogens is 211 g/mol. The van der Waals surface area contributed by atoms with Crippen LogP contribution in [0.15, 0.2) is 12.3 Å². The maximum atomic E-state index is 12.9. The van der Waals surface area contributed by atoms with E-state index in [1.54, 1.807) is 13.0 Å². The predicted octanol–water partition coefficient (Wildman–Crippen LogP) is 1.19. The minimum atomic E-state index is -0.346. The van der Waals surface area contributed by atoms with Crippen molar-refractivity contribution in [3.63, 3.8) is 0 Å². The van der Waals surface area contributed by atoms with Gasteiger partial charge in [0.1, 0.15) is 12.4 Å². The van der Waals surface area contributed by atoms with E-state index in [2.05, 4.69) is 10.3 Å². The fraction of sp³-hybridized carbons (Fsp3) is 0.455. The number of hydrogen-bond donors (Lipinski definition) is 1. The van der Waals surface area contributed by atoms with E-state index in [4.69, 9.17) is 4.74 Å². The zero-order valence-corrected chi connectivity index (χ0v) is 9.00. The highest BCUT2D eigenvalue weighted by atomic mass is 19.1. The maximum Gasteiger partial charge on any atom is 0.220 e. The third kappa shape index (κ3) is 2.48. The summed E-state index contributed by atoms with van der Waals surface area (Å²) in [6, 6.07) is 1.59. The van der Waals surface area contributed by atoms with Crippen molar-refractivity contribution in [3.05, 3.63) is 23.6 Å². The molecule has 1 unspecified atom stereocenters. The van der Waals surface area contributed by atoms with Crippen molar-refractivity contribution < 1.29 is 13.9 Å². The number of carbonyl (C=O) groups is 1. The Morgan fingerprint density at radius 3 is 3.12 bits per heavy atom. The van der Waals surface area contributed by atoms with Crippen LogP contribution in [0.5, 0.6) is 5.88 Å². The summed E-state index contributed by atoms with van der Waals surface area (Å²) in [6.45, 7) is 2.03. The highest BCUT2D eigenvalue weighted by molar-refractivity contribution is 5.78. The number of rotatable bonds is 3. The van der Waals surface area contributed by atoms with E-state index < -0.39 is 0 Å². The van der Waals surface area contributed by atoms with Crippen molar-refractivity contribution in [1.82, 2.24) is 10.3 Å². The number of aryl methyl sites for hydroxylation is 1. The molecule has 5 heteroatoms. The maximum absolute atomic E-state index is 12.9. The van der Waals surface area contributed by atoms with Crippen molar-refractivity contribution in [2.75, 3.05) is 6.61 Å². The fourth-order valence-corrected chi connectivity index (χ4v) is 1.58. The quantitative estimate of drug-likeness (QED) is 0.839. The monoisotopic (exact) mass is 224 g/mol. The number of nitrogens with zero attached hydrogens (tertiary/aromatic N) is 1. The molecule has 1 atom stereocenters. The largest absolute Gasteiger partial charge is 0.475 e. The van der Waals surface area contributed by atoms with Gasteiger partial charge in [0.2, 0.25) is 11.8 Å². The molecule has 1 aliphatic rings. The average molecular weight is 224 g/mol. The molecular formula is C11H13FN2O2. The molecule has 2 heterocycles. The van der Waals surface area contributed by atoms with Crippen LogP contribution < -0.4 is 10.1 Å². The van der Waals surface area contributed by atoms with Gasteiger partial charge in [0.15, 0.2) is 0 Å². The van der Waals surface area contributed by atoms with Gasteiger partial charge in [-0.05, 0) is 18.9 Å². The summed E-state index contributed by atoms with van der Waals surface area (Å²) in [5.74, 6) is 0.0958. The number of carbonyl (C=O) groups excluding carboxylic acids is 1. The van der Waals surface area contributed by atoms with Crippen molar-refractivity contribution >= 4 is 5.91 Å². The average Bonchev–Trinajstić information content (AvgIpc) is 2.66. The first kappa shape index (κ1) is 10.9. The second-order valence-corrected chi connectivity index (χ2v) is 3.89. The summed E-state index contributed by atoms with van der Waals surface area (Å²) in [4.78, 5) is 14.7. The standard InChI is InChI=1S/C11H13FN2O2/c1-7-4-11(13-5-9(7)12)16-6-8-2-3-10(15)14-8/h4-5,8H,2-3,6H2,1H3,(H,14,15). The Labute approximate surface area is 92.8 Å². The van der Waals surface area contributed by atoms with E-state index in [1.165, 1.54) is 0 Å². The summed E-state index contributed by atoms with van der Waals surface area (Å²) in [7, 11) is 0. The second-order valence-electron chi connectivity index (χ2n) is 3.89. The minimum Gasteiger partial charge on any atom is -0.475 e. The normalized spacial score (nSPS) is 19.6. The van der Waals surface area contributed by atoms with Crippen LogP contribution in [-0.4, -0.2) is 23.5 Å². The van der Waals surface area contributed by atoms with Crippen molar-refractivity contribution in [1.29, 1.82) is 0 Å². The number of amides is 1. The molecule has 1 fully saturated rings. The topological polar surface area (TPSA) is 51.2 Å². The molecule has 1 aliphatic heterocycles. The molecule has 4 nitrogen and oxygen atoms in total. The molecule has 0 spiro atoms. The van der Waals surface area contributed by atoms with Crippen LogP contribution in [0.1, 0.15) is 18.4 Å². The summed E-state index contributed by atoms with van der Waals surface area (Å²) >= 11 is 0. The third-order valence-electron chi connectivity index (χ3n) is 2.54. The van der Waals surface area contributed by atoms with Crippen LogP contribution in [0.2, 0.25) is 0 Å². The number of nitrogens with one attached hydrogen (secondary N) is 1. The molecule has 1 amide bonds. The van der Waals surface area contributed by atoms with Gasteiger partial charge in [-0.1, -0.05) is 0 Å². The van der Waals surface area contributed by atoms with E-state index in [1.807, 2.05) is 0 Å². The number of hydrogen-bond acceptors (Lipinski definition) is 3. The van der Waals surface area contributed by atoms with Crippen LogP contribution in [0, 0.1) is 12.7 Å². The SMILES string of the molecule is Cc1cc(OCC2CCC(=O)N2)ncc1F. The van der Waals surface area contributed by atoms with Crippen molar-refractivity contribution in [3.8, 4) is 5.88 Å². The van der Waals surface area contributed by atoms with E-state index in [9.17, 15) is 9.18 Å². The van der Waals surface area contributed by atoms with Gasteiger partial charge < -0.3 is 10.1 Å². The Morgan fingerprint density at radius 1 is 1.69 bits per heavy atom. The molecule has 0 aliphatic carbocycles. The third-order valence-corrected chi connectivity index (χ3v) is 2.54. The Hall–Kier alpha value is -1.65. The molecule has 1 aromatic rings. The minimum absolute atomic E-state index is 0.0414. The van der Waals surface area contributed by atoms with Gasteiger partial charge in [0.25, 0.3) is 0 Å². The molecule has 0 aromatic carbocycles. The second kappa shape index (κ2) is 4.47. The fourth-order valence-electron chi connectivity index (χ4n) is 1.58. The lowest BCUT2D eigenvalue weighted by Gasteiger charge is -2.11. The molecule has 16 heavy (non-hydrogen) atoms. The Balaban J connectivity index is 1.89. The summed E-state index contributed by atoms with van der Waals surface area (Å²) in [6.07, 6.45) is 2.46. The van der Waals surface area contributed by atoms with Crippen molar-refractivity contribution in [2.24, 2.45) is 0 Å². The van der Waals surface area contributed by atoms with Gasteiger partial charge in [0, 0.05) is 12.5 Å². The molecule has 0 bridgehead atoms. The summed E-state index contributed by atoms with van der Waals surface area (Å²) in [5.41, 5.74) is 0.500. The summed E-state index contributed by atoms with van der Waals surface area (Å²) in [5, 5.41) is 2.78. The predicted molar refractivity (Wildman–Crippen MR) is 55.6 cm³/mol. The van der Waals surface area contributed by atoms with Gasteiger partial charge in [0.05, 0.1) is 12.2 Å². The lowest BCUT2D eigenvalue weighted by Crippen LogP contribution is -2.31. The van der Waals surface area contributed by atoms with E-state index in [-0.39, 0.29) is 17.8 Å². The van der Waals surface area contributed by atoms with Crippen LogP contribution in [0.4, 0.5) is 4.39 Å². The Kier molecular flexibility index (Phi) is 3.03. The number of pyridine rings is 1. The van der Waals surface area contributed by atoms with Crippen LogP contribution in [-0.2, 0) is 4.79 Å². The van der Waals surface area contributed by atoms with Crippen LogP contribution in [0.25, 0.3) is 0 Å². The molecule has 0 radical (unpaired) electrons. The van der Waals surface area contributed by atoms with Gasteiger partial charge >= 0.3 is 0 Å². The number of aromatic nitrogens is 1. The molecule has 0 saturated carbocycles. The molecule has 1 aromatic heterocycles. The van der Waals surface area contributed by atoms with Gasteiger partial charge in [-0.15, -0.1) is 0 Å². The smallest absolute Gasteiger partial charge is 0.220 e. The van der Waals surface area contributed by atoms with Crippen LogP contribution >= 0.6 is 0 Å². The lowest BCUT2D eigenvalue weighted by atomic mass is 10.2. The molecule has 2 rings (SSSR count). The number of ether oxygens (including phenoxy) is 1. The Bertz CT molecular complexity index is 409. The van der Waals surface area contributed by atoms with Crippen LogP contribution in [0.3, 0.4) is 0 Å². The molecule has 1 N–H and O–H groups in total. The van der Waals surface area contributed by atoms with Gasteiger partial charge in [-0.2, -0.15) is 0 Å². The molecule has 86 valence electrons. The Morgan fingerprint density at radius 2 is 2.50 bits per heavy atom. The van der Waals surface area contributed by atoms with E-state index >= 15 is 0 Å². The molecule has 1 saturated heterocycles. The summed E-state index contributed by atoms with van der Waals surface area (Å²) < 4.78 is 18.3. The zero-order chi connectivity index (χ0) is 11.5. The van der Waals surface area contributed by atoms with E-state index in [0.29, 0.717) is 24.5 Å². The van der Waals surface area contributed by atoms with Crippen molar-refractivity contribution in [2.45, 2.75) is 25.8 Å². The highest BCUT2D eigenvalue weighted by Gasteiger charge is 2.21. The number of halogens is 1. The van der Waals surface area contributed by atoms with Gasteiger partial charge in [-0.3, -0.25) is 4.79 Å². The lowest BCUT2D eigenvalue weighted by molar-refractivity contribution is -0.119. The highest BCUT2D eigenvalue weighted by Crippen LogP contribution is 2.14. The first-order valence-corrected chi connectivity index (χ1v) is 5.19. The van der Waals surface area contributed by atoms with E-state index in [0.717, 1.165) is 12.6 Å². The zero-order valence-electron chi connectivity index (χ0n) is 9.00. The first-order chi connectivity index (χ1) is 7.65. The van der Waals surface area contributed by atoms with Gasteiger partial charge in [-0.25, -0.2) is 9.37 Å². The first-order valence-electron chi connectivity index (χ1n) is 5.19.